The standard InChI is InChI=1S/C45H81NO5/c1-5-7-9-11-13-15-17-19-21-23-24-26-28-30-32-34-36-43(51-45(48)38-39-46(3)4)42-49-40-41-50-44(47)37-35-33-31-29-27-25-22-20-18-16-14-12-10-8-6-2/h13-16,19-22,43H,5-12,17-18,23-42H2,1-4H3/b15-13-,16-14-,21-19-,22-20-. The Kier molecular flexibility index (Phi) is 38.9. The smallest absolute Gasteiger partial charge is 0.307 e. The Balaban J connectivity index is 3.97. The lowest BCUT2D eigenvalue weighted by atomic mass is 10.1. The monoisotopic (exact) mass is 716 g/mol. The maximum Gasteiger partial charge on any atom is 0.307 e. The molecule has 0 radical (unpaired) electrons. The molecule has 0 spiro atoms. The van der Waals surface area contributed by atoms with Gasteiger partial charge in [0.1, 0.15) is 12.7 Å². The number of hydrogen-bond acceptors (Lipinski definition) is 6. The maximum absolute atomic E-state index is 12.4. The van der Waals surface area contributed by atoms with E-state index < -0.39 is 0 Å². The molecule has 0 fully saturated rings. The lowest BCUT2D eigenvalue weighted by Gasteiger charge is -2.19. The molecule has 0 N–H and O–H groups in total. The summed E-state index contributed by atoms with van der Waals surface area (Å²) in [6, 6.07) is 0. The second-order valence-corrected chi connectivity index (χ2v) is 14.3. The Labute approximate surface area is 315 Å². The van der Waals surface area contributed by atoms with E-state index in [2.05, 4.69) is 62.5 Å². The van der Waals surface area contributed by atoms with Crippen molar-refractivity contribution in [3.63, 3.8) is 0 Å². The van der Waals surface area contributed by atoms with Crippen LogP contribution in [0.5, 0.6) is 0 Å². The van der Waals surface area contributed by atoms with Gasteiger partial charge in [-0.15, -0.1) is 0 Å². The van der Waals surface area contributed by atoms with E-state index in [9.17, 15) is 9.59 Å². The van der Waals surface area contributed by atoms with Crippen molar-refractivity contribution in [3.05, 3.63) is 48.6 Å². The highest BCUT2D eigenvalue weighted by Gasteiger charge is 2.15. The predicted octanol–water partition coefficient (Wildman–Crippen LogP) is 12.4. The summed E-state index contributed by atoms with van der Waals surface area (Å²) in [6.07, 6.45) is 47.0. The summed E-state index contributed by atoms with van der Waals surface area (Å²) in [5, 5.41) is 0. The van der Waals surface area contributed by atoms with Gasteiger partial charge in [0, 0.05) is 13.0 Å². The topological polar surface area (TPSA) is 65.1 Å². The molecule has 0 aliphatic heterocycles. The molecule has 0 amide bonds. The van der Waals surface area contributed by atoms with Gasteiger partial charge in [-0.25, -0.2) is 0 Å². The summed E-state index contributed by atoms with van der Waals surface area (Å²) in [5.74, 6) is -0.335. The lowest BCUT2D eigenvalue weighted by Crippen LogP contribution is -2.26. The van der Waals surface area contributed by atoms with E-state index in [1.807, 2.05) is 19.0 Å². The largest absolute Gasteiger partial charge is 0.463 e. The lowest BCUT2D eigenvalue weighted by molar-refractivity contribution is -0.153. The van der Waals surface area contributed by atoms with E-state index in [0.717, 1.165) is 64.2 Å². The number of rotatable bonds is 38. The third kappa shape index (κ3) is 40.4. The van der Waals surface area contributed by atoms with Gasteiger partial charge in [-0.05, 0) is 97.6 Å². The van der Waals surface area contributed by atoms with Crippen LogP contribution < -0.4 is 0 Å². The van der Waals surface area contributed by atoms with Crippen LogP contribution in [0.15, 0.2) is 48.6 Å². The van der Waals surface area contributed by atoms with E-state index >= 15 is 0 Å². The van der Waals surface area contributed by atoms with Crippen molar-refractivity contribution in [2.45, 2.75) is 187 Å². The summed E-state index contributed by atoms with van der Waals surface area (Å²) in [4.78, 5) is 26.5. The molecule has 51 heavy (non-hydrogen) atoms. The Morgan fingerprint density at radius 2 is 1.00 bits per heavy atom. The molecule has 6 nitrogen and oxygen atoms in total. The molecule has 0 saturated heterocycles. The third-order valence-corrected chi connectivity index (χ3v) is 8.91. The second-order valence-electron chi connectivity index (χ2n) is 14.3. The van der Waals surface area contributed by atoms with Gasteiger partial charge < -0.3 is 19.1 Å². The molecule has 0 aliphatic carbocycles. The first kappa shape index (κ1) is 48.8. The SMILES string of the molecule is CCCCC/C=C\C/C=C\CCCCCCCCC(COCCOC(=O)CCCCCCC/C=C\C/C=C\CCCCC)OC(=O)CCN(C)C. The number of allylic oxidation sites excluding steroid dienone is 8. The first-order chi connectivity index (χ1) is 25.0. The average Bonchev–Trinajstić information content (AvgIpc) is 3.11. The Morgan fingerprint density at radius 1 is 0.529 bits per heavy atom. The molecular weight excluding hydrogens is 634 g/mol. The minimum absolute atomic E-state index is 0.155. The van der Waals surface area contributed by atoms with Crippen molar-refractivity contribution in [1.29, 1.82) is 0 Å². The molecule has 0 rings (SSSR count). The number of unbranched alkanes of at least 4 members (excludes halogenated alkanes) is 17. The van der Waals surface area contributed by atoms with Crippen molar-refractivity contribution in [2.75, 3.05) is 40.5 Å². The van der Waals surface area contributed by atoms with E-state index in [1.165, 1.54) is 89.9 Å². The molecule has 0 bridgehead atoms. The zero-order valence-electron chi connectivity index (χ0n) is 33.9. The van der Waals surface area contributed by atoms with Crippen LogP contribution in [0.3, 0.4) is 0 Å². The van der Waals surface area contributed by atoms with Gasteiger partial charge in [-0.3, -0.25) is 9.59 Å². The molecule has 0 aromatic carbocycles. The fraction of sp³-hybridized carbons (Fsp3) is 0.778. The predicted molar refractivity (Wildman–Crippen MR) is 218 cm³/mol. The fourth-order valence-electron chi connectivity index (χ4n) is 5.68. The normalized spacial score (nSPS) is 12.7. The number of carbonyl (C=O) groups is 2. The molecule has 0 heterocycles. The van der Waals surface area contributed by atoms with Crippen LogP contribution in [0.2, 0.25) is 0 Å². The van der Waals surface area contributed by atoms with Gasteiger partial charge in [-0.2, -0.15) is 0 Å². The zero-order chi connectivity index (χ0) is 37.3. The molecule has 1 unspecified atom stereocenters. The number of ether oxygens (including phenoxy) is 3. The van der Waals surface area contributed by atoms with Gasteiger partial charge in [-0.1, -0.05) is 133 Å². The highest BCUT2D eigenvalue weighted by Crippen LogP contribution is 2.14. The molecule has 0 aromatic rings. The van der Waals surface area contributed by atoms with Crippen LogP contribution in [0.25, 0.3) is 0 Å². The summed E-state index contributed by atoms with van der Waals surface area (Å²) >= 11 is 0. The first-order valence-corrected chi connectivity index (χ1v) is 21.2. The molecule has 1 atom stereocenters. The quantitative estimate of drug-likeness (QED) is 0.0360. The van der Waals surface area contributed by atoms with Gasteiger partial charge in [0.05, 0.1) is 19.6 Å². The van der Waals surface area contributed by atoms with Gasteiger partial charge >= 0.3 is 11.9 Å². The Bertz CT molecular complexity index is 878. The van der Waals surface area contributed by atoms with Crippen LogP contribution >= 0.6 is 0 Å². The number of hydrogen-bond donors (Lipinski definition) is 0. The van der Waals surface area contributed by atoms with E-state index in [4.69, 9.17) is 14.2 Å². The summed E-state index contributed by atoms with van der Waals surface area (Å²) in [7, 11) is 3.91. The van der Waals surface area contributed by atoms with Crippen LogP contribution in [0.1, 0.15) is 181 Å². The van der Waals surface area contributed by atoms with E-state index in [0.29, 0.717) is 32.6 Å². The molecular formula is C45H81NO5. The maximum atomic E-state index is 12.4. The van der Waals surface area contributed by atoms with Crippen molar-refractivity contribution in [1.82, 2.24) is 4.90 Å². The highest BCUT2D eigenvalue weighted by molar-refractivity contribution is 5.70. The molecule has 6 heteroatoms. The van der Waals surface area contributed by atoms with Crippen LogP contribution in [-0.4, -0.2) is 63.4 Å². The number of nitrogens with zero attached hydrogens (tertiary/aromatic N) is 1. The summed E-state index contributed by atoms with van der Waals surface area (Å²) in [6.45, 7) is 6.07. The summed E-state index contributed by atoms with van der Waals surface area (Å²) in [5.41, 5.74) is 0. The number of esters is 2. The van der Waals surface area contributed by atoms with E-state index in [1.54, 1.807) is 0 Å². The first-order valence-electron chi connectivity index (χ1n) is 21.2. The van der Waals surface area contributed by atoms with Crippen LogP contribution in [0, 0.1) is 0 Å². The fourth-order valence-corrected chi connectivity index (χ4v) is 5.68. The van der Waals surface area contributed by atoms with E-state index in [-0.39, 0.29) is 24.6 Å². The average molecular weight is 716 g/mol. The minimum Gasteiger partial charge on any atom is -0.463 e. The Morgan fingerprint density at radius 3 is 1.51 bits per heavy atom. The molecule has 296 valence electrons. The third-order valence-electron chi connectivity index (χ3n) is 8.91. The Hall–Kier alpha value is -2.18. The molecule has 0 aliphatic rings. The minimum atomic E-state index is -0.256. The van der Waals surface area contributed by atoms with Crippen LogP contribution in [0.4, 0.5) is 0 Å². The van der Waals surface area contributed by atoms with Crippen LogP contribution in [-0.2, 0) is 23.8 Å². The highest BCUT2D eigenvalue weighted by atomic mass is 16.6. The van der Waals surface area contributed by atoms with Gasteiger partial charge in [0.25, 0.3) is 0 Å². The second kappa shape index (κ2) is 40.6. The van der Waals surface area contributed by atoms with Crippen molar-refractivity contribution < 1.29 is 23.8 Å². The van der Waals surface area contributed by atoms with Gasteiger partial charge in [0.15, 0.2) is 0 Å². The number of carbonyl (C=O) groups excluding carboxylic acids is 2. The zero-order valence-corrected chi connectivity index (χ0v) is 33.9. The summed E-state index contributed by atoms with van der Waals surface area (Å²) < 4.78 is 17.0. The van der Waals surface area contributed by atoms with Crippen molar-refractivity contribution >= 4 is 11.9 Å². The molecule has 0 aromatic heterocycles. The van der Waals surface area contributed by atoms with Crippen molar-refractivity contribution in [2.24, 2.45) is 0 Å². The van der Waals surface area contributed by atoms with Crippen molar-refractivity contribution in [3.8, 4) is 0 Å². The molecule has 0 saturated carbocycles. The van der Waals surface area contributed by atoms with Gasteiger partial charge in [0.2, 0.25) is 0 Å².